The zero-order chi connectivity index (χ0) is 12.1. The second kappa shape index (κ2) is 6.04. The van der Waals surface area contributed by atoms with Crippen LogP contribution in [0.1, 0.15) is 25.8 Å². The van der Waals surface area contributed by atoms with Gasteiger partial charge in [-0.3, -0.25) is 4.79 Å². The number of ether oxygens (including phenoxy) is 1. The van der Waals surface area contributed by atoms with Crippen LogP contribution in [-0.2, 0) is 11.2 Å². The van der Waals surface area contributed by atoms with Gasteiger partial charge in [0.05, 0.1) is 7.11 Å². The number of halogens is 1. The van der Waals surface area contributed by atoms with Crippen LogP contribution in [0.2, 0.25) is 0 Å². The standard InChI is InChI=1S/C13H17BrO2/c1-4-9(2)12(15)8-10-7-11(14)5-6-13(10)16-3/h5-7,9H,4,8H2,1-3H3. The minimum atomic E-state index is 0.115. The molecule has 0 radical (unpaired) electrons. The lowest BCUT2D eigenvalue weighted by molar-refractivity contribution is -0.121. The molecule has 3 heteroatoms. The quantitative estimate of drug-likeness (QED) is 0.826. The van der Waals surface area contributed by atoms with E-state index < -0.39 is 0 Å². The van der Waals surface area contributed by atoms with E-state index in [1.54, 1.807) is 7.11 Å². The summed E-state index contributed by atoms with van der Waals surface area (Å²) in [5.74, 6) is 1.16. The van der Waals surface area contributed by atoms with Gasteiger partial charge in [0.15, 0.2) is 0 Å². The van der Waals surface area contributed by atoms with Gasteiger partial charge in [-0.15, -0.1) is 0 Å². The monoisotopic (exact) mass is 284 g/mol. The fraction of sp³-hybridized carbons (Fsp3) is 0.462. The smallest absolute Gasteiger partial charge is 0.140 e. The van der Waals surface area contributed by atoms with Crippen LogP contribution in [0.3, 0.4) is 0 Å². The Kier molecular flexibility index (Phi) is 5.00. The summed E-state index contributed by atoms with van der Waals surface area (Å²) >= 11 is 3.40. The maximum Gasteiger partial charge on any atom is 0.140 e. The van der Waals surface area contributed by atoms with E-state index in [0.717, 1.165) is 22.2 Å². The molecule has 0 aromatic heterocycles. The van der Waals surface area contributed by atoms with Gasteiger partial charge >= 0.3 is 0 Å². The molecule has 0 aliphatic rings. The van der Waals surface area contributed by atoms with Crippen LogP contribution >= 0.6 is 15.9 Å². The van der Waals surface area contributed by atoms with Gasteiger partial charge in [0, 0.05) is 22.4 Å². The Morgan fingerprint density at radius 2 is 2.19 bits per heavy atom. The third kappa shape index (κ3) is 3.34. The van der Waals surface area contributed by atoms with E-state index in [2.05, 4.69) is 15.9 Å². The van der Waals surface area contributed by atoms with Crippen molar-refractivity contribution >= 4 is 21.7 Å². The van der Waals surface area contributed by atoms with E-state index in [1.165, 1.54) is 0 Å². The van der Waals surface area contributed by atoms with Gasteiger partial charge < -0.3 is 4.74 Å². The summed E-state index contributed by atoms with van der Waals surface area (Å²) in [5.41, 5.74) is 0.946. The predicted octanol–water partition coefficient (Wildman–Crippen LogP) is 3.62. The highest BCUT2D eigenvalue weighted by molar-refractivity contribution is 9.10. The number of Topliss-reactive ketones (excluding diaryl/α,β-unsaturated/α-hetero) is 1. The molecule has 0 aliphatic carbocycles. The fourth-order valence-corrected chi connectivity index (χ4v) is 1.88. The Balaban J connectivity index is 2.87. The molecule has 0 saturated heterocycles. The normalized spacial score (nSPS) is 12.2. The molecule has 0 bridgehead atoms. The van der Waals surface area contributed by atoms with E-state index in [9.17, 15) is 4.79 Å². The van der Waals surface area contributed by atoms with Crippen LogP contribution < -0.4 is 4.74 Å². The third-order valence-electron chi connectivity index (χ3n) is 2.77. The third-order valence-corrected chi connectivity index (χ3v) is 3.26. The lowest BCUT2D eigenvalue weighted by Crippen LogP contribution is -2.13. The van der Waals surface area contributed by atoms with E-state index in [0.29, 0.717) is 6.42 Å². The molecule has 1 atom stereocenters. The maximum absolute atomic E-state index is 11.9. The average molecular weight is 285 g/mol. The highest BCUT2D eigenvalue weighted by atomic mass is 79.9. The van der Waals surface area contributed by atoms with Crippen molar-refractivity contribution in [2.75, 3.05) is 7.11 Å². The van der Waals surface area contributed by atoms with Crippen LogP contribution in [0.25, 0.3) is 0 Å². The van der Waals surface area contributed by atoms with Crippen LogP contribution in [-0.4, -0.2) is 12.9 Å². The minimum absolute atomic E-state index is 0.115. The summed E-state index contributed by atoms with van der Waals surface area (Å²) in [7, 11) is 1.63. The second-order valence-electron chi connectivity index (χ2n) is 3.91. The van der Waals surface area contributed by atoms with Gasteiger partial charge in [0.25, 0.3) is 0 Å². The molecule has 1 rings (SSSR count). The van der Waals surface area contributed by atoms with Gasteiger partial charge in [-0.1, -0.05) is 29.8 Å². The Bertz CT molecular complexity index is 374. The molecular formula is C13H17BrO2. The molecular weight excluding hydrogens is 268 g/mol. The van der Waals surface area contributed by atoms with Crippen molar-refractivity contribution in [2.24, 2.45) is 5.92 Å². The molecule has 0 spiro atoms. The molecule has 16 heavy (non-hydrogen) atoms. The largest absolute Gasteiger partial charge is 0.496 e. The number of ketones is 1. The highest BCUT2D eigenvalue weighted by Gasteiger charge is 2.14. The first-order chi connectivity index (χ1) is 7.58. The van der Waals surface area contributed by atoms with Gasteiger partial charge in [-0.05, 0) is 24.6 Å². The van der Waals surface area contributed by atoms with E-state index >= 15 is 0 Å². The van der Waals surface area contributed by atoms with Crippen LogP contribution in [0.4, 0.5) is 0 Å². The van der Waals surface area contributed by atoms with E-state index in [4.69, 9.17) is 4.74 Å². The maximum atomic E-state index is 11.9. The van der Waals surface area contributed by atoms with Crippen LogP contribution in [0.15, 0.2) is 22.7 Å². The van der Waals surface area contributed by atoms with Crippen molar-refractivity contribution in [3.05, 3.63) is 28.2 Å². The first kappa shape index (κ1) is 13.2. The molecule has 88 valence electrons. The van der Waals surface area contributed by atoms with Gasteiger partial charge in [0.1, 0.15) is 11.5 Å². The van der Waals surface area contributed by atoms with Crippen molar-refractivity contribution in [1.82, 2.24) is 0 Å². The van der Waals surface area contributed by atoms with E-state index in [1.807, 2.05) is 32.0 Å². The van der Waals surface area contributed by atoms with Crippen LogP contribution in [0.5, 0.6) is 5.75 Å². The zero-order valence-corrected chi connectivity index (χ0v) is 11.5. The van der Waals surface area contributed by atoms with Gasteiger partial charge in [-0.25, -0.2) is 0 Å². The van der Waals surface area contributed by atoms with E-state index in [-0.39, 0.29) is 11.7 Å². The summed E-state index contributed by atoms with van der Waals surface area (Å²) in [6.07, 6.45) is 1.33. The van der Waals surface area contributed by atoms with Crippen molar-refractivity contribution in [1.29, 1.82) is 0 Å². The summed E-state index contributed by atoms with van der Waals surface area (Å²) in [6, 6.07) is 5.73. The Labute approximate surface area is 105 Å². The lowest BCUT2D eigenvalue weighted by Gasteiger charge is -2.11. The predicted molar refractivity (Wildman–Crippen MR) is 68.9 cm³/mol. The van der Waals surface area contributed by atoms with Crippen molar-refractivity contribution in [2.45, 2.75) is 26.7 Å². The first-order valence-corrected chi connectivity index (χ1v) is 6.22. The fourth-order valence-electron chi connectivity index (χ4n) is 1.47. The first-order valence-electron chi connectivity index (χ1n) is 5.43. The molecule has 1 aromatic rings. The molecule has 0 amide bonds. The molecule has 0 saturated carbocycles. The number of rotatable bonds is 5. The Morgan fingerprint density at radius 1 is 1.50 bits per heavy atom. The number of methoxy groups -OCH3 is 1. The topological polar surface area (TPSA) is 26.3 Å². The molecule has 0 aliphatic heterocycles. The average Bonchev–Trinajstić information content (AvgIpc) is 2.28. The molecule has 0 fully saturated rings. The number of carbonyl (C=O) groups excluding carboxylic acids is 1. The number of carbonyl (C=O) groups is 1. The van der Waals surface area contributed by atoms with Gasteiger partial charge in [-0.2, -0.15) is 0 Å². The minimum Gasteiger partial charge on any atom is -0.496 e. The molecule has 0 heterocycles. The molecule has 1 unspecified atom stereocenters. The molecule has 1 aromatic carbocycles. The number of hydrogen-bond acceptors (Lipinski definition) is 2. The zero-order valence-electron chi connectivity index (χ0n) is 9.92. The lowest BCUT2D eigenvalue weighted by atomic mass is 9.97. The molecule has 2 nitrogen and oxygen atoms in total. The van der Waals surface area contributed by atoms with Gasteiger partial charge in [0.2, 0.25) is 0 Å². The molecule has 0 N–H and O–H groups in total. The number of benzene rings is 1. The number of hydrogen-bond donors (Lipinski definition) is 0. The Morgan fingerprint density at radius 3 is 2.75 bits per heavy atom. The summed E-state index contributed by atoms with van der Waals surface area (Å²) < 4.78 is 6.21. The SMILES string of the molecule is CCC(C)C(=O)Cc1cc(Br)ccc1OC. The van der Waals surface area contributed by atoms with Crippen molar-refractivity contribution < 1.29 is 9.53 Å². The van der Waals surface area contributed by atoms with Crippen molar-refractivity contribution in [3.8, 4) is 5.75 Å². The summed E-state index contributed by atoms with van der Waals surface area (Å²) in [6.45, 7) is 3.99. The summed E-state index contributed by atoms with van der Waals surface area (Å²) in [5, 5.41) is 0. The van der Waals surface area contributed by atoms with Crippen molar-refractivity contribution in [3.63, 3.8) is 0 Å². The van der Waals surface area contributed by atoms with Crippen LogP contribution in [0, 0.1) is 5.92 Å². The Hall–Kier alpha value is -0.830. The summed E-state index contributed by atoms with van der Waals surface area (Å²) in [4.78, 5) is 11.9. The second-order valence-corrected chi connectivity index (χ2v) is 4.82. The highest BCUT2D eigenvalue weighted by Crippen LogP contribution is 2.24.